The second-order valence-electron chi connectivity index (χ2n) is 8.45. The van der Waals surface area contributed by atoms with Crippen LogP contribution in [-0.4, -0.2) is 51.1 Å². The summed E-state index contributed by atoms with van der Waals surface area (Å²) in [6, 6.07) is 8.60. The number of benzene rings is 1. The summed E-state index contributed by atoms with van der Waals surface area (Å²) < 4.78 is 2.25. The molecule has 1 fully saturated rings. The lowest BCUT2D eigenvalue weighted by molar-refractivity contribution is -0.143. The van der Waals surface area contributed by atoms with E-state index in [4.69, 9.17) is 0 Å². The van der Waals surface area contributed by atoms with Gasteiger partial charge < -0.3 is 14.8 Å². The van der Waals surface area contributed by atoms with Crippen molar-refractivity contribution < 1.29 is 19.8 Å². The van der Waals surface area contributed by atoms with Crippen LogP contribution in [0.1, 0.15) is 37.1 Å². The monoisotopic (exact) mass is 384 g/mol. The van der Waals surface area contributed by atoms with Gasteiger partial charge in [-0.1, -0.05) is 18.2 Å². The second kappa shape index (κ2) is 7.01. The van der Waals surface area contributed by atoms with Gasteiger partial charge in [0.1, 0.15) is 5.78 Å². The third-order valence-electron chi connectivity index (χ3n) is 7.19. The van der Waals surface area contributed by atoms with Crippen LogP contribution in [0.25, 0.3) is 10.9 Å². The number of Topliss-reactive ketones (excluding diaryl/α,β-unsaturated/α-hetero) is 1. The highest BCUT2D eigenvalue weighted by atomic mass is 16.4. The Labute approximate surface area is 164 Å². The molecule has 0 saturated carbocycles. The molecule has 6 heteroatoms. The van der Waals surface area contributed by atoms with E-state index in [0.717, 1.165) is 6.42 Å². The van der Waals surface area contributed by atoms with Crippen molar-refractivity contribution in [1.29, 1.82) is 0 Å². The lowest BCUT2D eigenvalue weighted by Gasteiger charge is -2.52. The van der Waals surface area contributed by atoms with E-state index in [1.54, 1.807) is 0 Å². The van der Waals surface area contributed by atoms with E-state index in [1.807, 2.05) is 6.07 Å². The Morgan fingerprint density at radius 2 is 1.96 bits per heavy atom. The maximum absolute atomic E-state index is 12.3. The Bertz CT molecular complexity index is 934. The molecule has 2 bridgehead atoms. The second-order valence-corrected chi connectivity index (χ2v) is 8.45. The number of rotatable bonds is 5. The number of likely N-dealkylation sites (N-methyl/N-ethyl adjacent to an activating group) is 1. The zero-order chi connectivity index (χ0) is 20.2. The fourth-order valence-corrected chi connectivity index (χ4v) is 5.86. The van der Waals surface area contributed by atoms with Crippen LogP contribution in [0.4, 0.5) is 0 Å². The molecule has 5 unspecified atom stereocenters. The molecule has 28 heavy (non-hydrogen) atoms. The first-order valence-electron chi connectivity index (χ1n) is 9.96. The summed E-state index contributed by atoms with van der Waals surface area (Å²) in [7, 11) is 4.18. The van der Waals surface area contributed by atoms with E-state index in [9.17, 15) is 19.8 Å². The molecule has 1 aromatic heterocycles. The molecule has 0 aliphatic carbocycles. The molecule has 1 saturated heterocycles. The van der Waals surface area contributed by atoms with Gasteiger partial charge >= 0.3 is 5.97 Å². The number of carbonyl (C=O) groups is 2. The van der Waals surface area contributed by atoms with Gasteiger partial charge in [0, 0.05) is 48.1 Å². The van der Waals surface area contributed by atoms with Crippen LogP contribution in [0.3, 0.4) is 0 Å². The van der Waals surface area contributed by atoms with Crippen LogP contribution < -0.4 is 0 Å². The highest BCUT2D eigenvalue weighted by Gasteiger charge is 2.49. The Morgan fingerprint density at radius 3 is 2.61 bits per heavy atom. The van der Waals surface area contributed by atoms with Crippen molar-refractivity contribution in [2.75, 3.05) is 13.7 Å². The number of aliphatic hydroxyl groups is 1. The summed E-state index contributed by atoms with van der Waals surface area (Å²) in [5, 5.41) is 20.8. The number of para-hydroxylation sites is 1. The van der Waals surface area contributed by atoms with Crippen LogP contribution in [0.5, 0.6) is 0 Å². The number of carbonyl (C=O) groups excluding carboxylic acids is 1. The fraction of sp³-hybridized carbons (Fsp3) is 0.545. The third kappa shape index (κ3) is 2.78. The molecule has 4 rings (SSSR count). The van der Waals surface area contributed by atoms with Gasteiger partial charge in [-0.25, -0.2) is 0 Å². The molecule has 2 N–H and O–H groups in total. The van der Waals surface area contributed by atoms with Crippen molar-refractivity contribution in [3.05, 3.63) is 35.5 Å². The molecule has 6 nitrogen and oxygen atoms in total. The lowest BCUT2D eigenvalue weighted by Crippen LogP contribution is -2.56. The number of hydrogen-bond donors (Lipinski definition) is 2. The molecule has 1 aromatic carbocycles. The molecular weight excluding hydrogens is 356 g/mol. The van der Waals surface area contributed by atoms with Gasteiger partial charge in [0.05, 0.1) is 12.5 Å². The van der Waals surface area contributed by atoms with Crippen LogP contribution in [-0.2, 0) is 23.1 Å². The number of aromatic nitrogens is 1. The summed E-state index contributed by atoms with van der Waals surface area (Å²) in [5.74, 6) is -1.83. The summed E-state index contributed by atoms with van der Waals surface area (Å²) in [4.78, 5) is 26.1. The Morgan fingerprint density at radius 1 is 1.25 bits per heavy atom. The number of piperidine rings is 1. The number of aliphatic hydroxyl groups excluding tert-OH is 1. The summed E-state index contributed by atoms with van der Waals surface area (Å²) in [6.45, 7) is 1.45. The fourth-order valence-electron chi connectivity index (χ4n) is 5.86. The Balaban J connectivity index is 1.82. The van der Waals surface area contributed by atoms with Gasteiger partial charge in [0.2, 0.25) is 0 Å². The van der Waals surface area contributed by atoms with E-state index < -0.39 is 11.9 Å². The quantitative estimate of drug-likeness (QED) is 0.827. The standard InChI is InChI=1S/C22H28N2O4/c1-12(26)14(10-21(27)28)15-8-20-22-16(9-19(23(20)2)17(15)11-25)13-6-4-5-7-18(13)24(22)3/h4-7,14-15,17,19-20,25H,8-11H2,1-3H3,(H,27,28). The largest absolute Gasteiger partial charge is 0.481 e. The molecule has 5 atom stereocenters. The number of fused-ring (bicyclic) bond motifs is 6. The Kier molecular flexibility index (Phi) is 4.79. The molecule has 2 aliphatic rings. The maximum atomic E-state index is 12.3. The smallest absolute Gasteiger partial charge is 0.304 e. The van der Waals surface area contributed by atoms with E-state index >= 15 is 0 Å². The average molecular weight is 384 g/mol. The van der Waals surface area contributed by atoms with Crippen LogP contribution in [0, 0.1) is 17.8 Å². The number of carboxylic acids is 1. The van der Waals surface area contributed by atoms with Gasteiger partial charge in [0.25, 0.3) is 0 Å². The van der Waals surface area contributed by atoms with Gasteiger partial charge in [-0.2, -0.15) is 0 Å². The third-order valence-corrected chi connectivity index (χ3v) is 7.19. The highest BCUT2D eigenvalue weighted by Crippen LogP contribution is 2.50. The van der Waals surface area contributed by atoms with Crippen molar-refractivity contribution >= 4 is 22.7 Å². The highest BCUT2D eigenvalue weighted by molar-refractivity contribution is 5.86. The zero-order valence-electron chi connectivity index (χ0n) is 16.6. The molecule has 0 amide bonds. The number of ketones is 1. The lowest BCUT2D eigenvalue weighted by atomic mass is 9.65. The number of nitrogens with zero attached hydrogens (tertiary/aromatic N) is 2. The van der Waals surface area contributed by atoms with Gasteiger partial charge in [0.15, 0.2) is 0 Å². The predicted octanol–water partition coefficient (Wildman–Crippen LogP) is 2.38. The van der Waals surface area contributed by atoms with E-state index in [0.29, 0.717) is 6.42 Å². The average Bonchev–Trinajstić information content (AvgIpc) is 2.92. The van der Waals surface area contributed by atoms with Crippen molar-refractivity contribution in [1.82, 2.24) is 9.47 Å². The molecule has 0 spiro atoms. The van der Waals surface area contributed by atoms with Gasteiger partial charge in [-0.05, 0) is 44.4 Å². The first-order valence-corrected chi connectivity index (χ1v) is 9.96. The molecule has 3 heterocycles. The van der Waals surface area contributed by atoms with E-state index in [-0.39, 0.29) is 42.7 Å². The summed E-state index contributed by atoms with van der Waals surface area (Å²) in [5.41, 5.74) is 3.79. The molecule has 150 valence electrons. The zero-order valence-corrected chi connectivity index (χ0v) is 16.6. The maximum Gasteiger partial charge on any atom is 0.304 e. The van der Waals surface area contributed by atoms with Crippen LogP contribution >= 0.6 is 0 Å². The molecule has 2 aliphatic heterocycles. The van der Waals surface area contributed by atoms with E-state index in [2.05, 4.69) is 41.8 Å². The Hall–Kier alpha value is -2.18. The van der Waals surface area contributed by atoms with Crippen LogP contribution in [0.2, 0.25) is 0 Å². The number of aryl methyl sites for hydroxylation is 1. The van der Waals surface area contributed by atoms with Crippen molar-refractivity contribution in [3.63, 3.8) is 0 Å². The predicted molar refractivity (Wildman–Crippen MR) is 106 cm³/mol. The number of hydrogen-bond acceptors (Lipinski definition) is 4. The summed E-state index contributed by atoms with van der Waals surface area (Å²) in [6.07, 6.45) is 1.33. The minimum atomic E-state index is -0.953. The van der Waals surface area contributed by atoms with Gasteiger partial charge in [-0.3, -0.25) is 14.5 Å². The molecule has 0 radical (unpaired) electrons. The normalized spacial score (nSPS) is 28.1. The van der Waals surface area contributed by atoms with Crippen molar-refractivity contribution in [3.8, 4) is 0 Å². The minimum absolute atomic E-state index is 0.0319. The SMILES string of the molecule is CC(=O)C(CC(=O)O)C1CC2c3c(c4ccccc4n3C)CC(C1CO)N2C. The minimum Gasteiger partial charge on any atom is -0.481 e. The first-order chi connectivity index (χ1) is 13.3. The molecular formula is C22H28N2O4. The van der Waals surface area contributed by atoms with Crippen molar-refractivity contribution in [2.24, 2.45) is 24.8 Å². The topological polar surface area (TPSA) is 82.8 Å². The van der Waals surface area contributed by atoms with Crippen molar-refractivity contribution in [2.45, 2.75) is 38.3 Å². The van der Waals surface area contributed by atoms with E-state index in [1.165, 1.54) is 29.1 Å². The number of carboxylic acid groups (broad SMARTS) is 1. The van der Waals surface area contributed by atoms with Crippen LogP contribution in [0.15, 0.2) is 24.3 Å². The first kappa shape index (κ1) is 19.2. The van der Waals surface area contributed by atoms with Gasteiger partial charge in [-0.15, -0.1) is 0 Å². The number of aliphatic carboxylic acids is 1. The summed E-state index contributed by atoms with van der Waals surface area (Å²) >= 11 is 0. The molecule has 2 aromatic rings.